The molecular formula is C10H7ClF3NO2. The molecule has 1 amide bonds. The number of benzene rings is 1. The first-order valence-electron chi connectivity index (χ1n) is 4.63. The molecule has 0 aliphatic carbocycles. The van der Waals surface area contributed by atoms with E-state index in [1.165, 1.54) is 24.3 Å². The molecule has 0 bridgehead atoms. The normalized spacial score (nSPS) is 24.4. The van der Waals surface area contributed by atoms with E-state index >= 15 is 0 Å². The number of hydrogen-bond donors (Lipinski definition) is 1. The SMILES string of the molecule is O=C1Nc2ccccc2C(Cl)(C(F)(F)F)CO1. The lowest BCUT2D eigenvalue weighted by atomic mass is 9.96. The van der Waals surface area contributed by atoms with E-state index in [9.17, 15) is 18.0 Å². The summed E-state index contributed by atoms with van der Waals surface area (Å²) in [5.41, 5.74) is -0.220. The van der Waals surface area contributed by atoms with Crippen LogP contribution in [-0.4, -0.2) is 18.9 Å². The van der Waals surface area contributed by atoms with Crippen LogP contribution in [0.1, 0.15) is 5.56 Å². The summed E-state index contributed by atoms with van der Waals surface area (Å²) < 4.78 is 43.3. The van der Waals surface area contributed by atoms with Crippen molar-refractivity contribution in [3.63, 3.8) is 0 Å². The zero-order chi connectivity index (χ0) is 12.7. The van der Waals surface area contributed by atoms with Gasteiger partial charge in [-0.15, -0.1) is 11.6 Å². The predicted molar refractivity (Wildman–Crippen MR) is 55.0 cm³/mol. The Kier molecular flexibility index (Phi) is 2.69. The van der Waals surface area contributed by atoms with Crippen LogP contribution in [0.3, 0.4) is 0 Å². The minimum atomic E-state index is -4.73. The summed E-state index contributed by atoms with van der Waals surface area (Å²) in [5.74, 6) is 0. The smallest absolute Gasteiger partial charge is 0.415 e. The summed E-state index contributed by atoms with van der Waals surface area (Å²) in [4.78, 5) is 8.38. The lowest BCUT2D eigenvalue weighted by Crippen LogP contribution is -2.40. The zero-order valence-corrected chi connectivity index (χ0v) is 9.10. The minimum Gasteiger partial charge on any atom is -0.447 e. The van der Waals surface area contributed by atoms with Gasteiger partial charge < -0.3 is 4.74 Å². The highest BCUT2D eigenvalue weighted by Crippen LogP contribution is 2.48. The summed E-state index contributed by atoms with van der Waals surface area (Å²) in [7, 11) is 0. The summed E-state index contributed by atoms with van der Waals surface area (Å²) >= 11 is 5.61. The molecule has 7 heteroatoms. The maximum absolute atomic E-state index is 13.0. The van der Waals surface area contributed by atoms with Crippen LogP contribution in [0.25, 0.3) is 0 Å². The van der Waals surface area contributed by atoms with Gasteiger partial charge in [0, 0.05) is 11.3 Å². The van der Waals surface area contributed by atoms with Crippen molar-refractivity contribution >= 4 is 23.4 Å². The van der Waals surface area contributed by atoms with Gasteiger partial charge >= 0.3 is 12.3 Å². The fourth-order valence-electron chi connectivity index (χ4n) is 1.56. The number of hydrogen-bond acceptors (Lipinski definition) is 2. The first-order chi connectivity index (χ1) is 7.84. The van der Waals surface area contributed by atoms with Crippen molar-refractivity contribution in [1.29, 1.82) is 0 Å². The summed E-state index contributed by atoms with van der Waals surface area (Å²) in [6, 6.07) is 5.47. The molecule has 1 heterocycles. The quantitative estimate of drug-likeness (QED) is 0.731. The molecule has 2 rings (SSSR count). The highest BCUT2D eigenvalue weighted by molar-refractivity contribution is 6.25. The Morgan fingerprint density at radius 3 is 2.65 bits per heavy atom. The van der Waals surface area contributed by atoms with Crippen LogP contribution in [0.5, 0.6) is 0 Å². The molecule has 92 valence electrons. The van der Waals surface area contributed by atoms with Crippen LogP contribution in [0.15, 0.2) is 24.3 Å². The molecule has 0 saturated carbocycles. The van der Waals surface area contributed by atoms with Crippen LogP contribution < -0.4 is 5.32 Å². The molecule has 1 unspecified atom stereocenters. The topological polar surface area (TPSA) is 38.3 Å². The van der Waals surface area contributed by atoms with Crippen LogP contribution in [0, 0.1) is 0 Å². The van der Waals surface area contributed by atoms with Gasteiger partial charge in [0.25, 0.3) is 0 Å². The van der Waals surface area contributed by atoms with Crippen molar-refractivity contribution in [2.45, 2.75) is 11.1 Å². The molecule has 1 aliphatic heterocycles. The average Bonchev–Trinajstić information content (AvgIpc) is 2.37. The summed E-state index contributed by atoms with van der Waals surface area (Å²) in [6.45, 7) is -0.957. The Hall–Kier alpha value is -1.43. The van der Waals surface area contributed by atoms with Gasteiger partial charge in [0.05, 0.1) is 0 Å². The van der Waals surface area contributed by atoms with Gasteiger partial charge in [-0.25, -0.2) is 4.79 Å². The average molecular weight is 266 g/mol. The number of alkyl halides is 4. The van der Waals surface area contributed by atoms with E-state index in [1.54, 1.807) is 0 Å². The van der Waals surface area contributed by atoms with E-state index in [4.69, 9.17) is 11.6 Å². The maximum Gasteiger partial charge on any atom is 0.415 e. The Balaban J connectivity index is 2.60. The molecule has 0 aromatic heterocycles. The third kappa shape index (κ3) is 1.93. The van der Waals surface area contributed by atoms with Crippen molar-refractivity contribution in [3.8, 4) is 0 Å². The Labute approximate surface area is 99.5 Å². The largest absolute Gasteiger partial charge is 0.447 e. The summed E-state index contributed by atoms with van der Waals surface area (Å²) in [5, 5.41) is 2.20. The van der Waals surface area contributed by atoms with Gasteiger partial charge in [-0.1, -0.05) is 18.2 Å². The van der Waals surface area contributed by atoms with E-state index in [2.05, 4.69) is 10.1 Å². The Morgan fingerprint density at radius 2 is 2.00 bits per heavy atom. The molecule has 1 aromatic carbocycles. The van der Waals surface area contributed by atoms with Gasteiger partial charge in [-0.3, -0.25) is 5.32 Å². The minimum absolute atomic E-state index is 0.00215. The standard InChI is InChI=1S/C10H7ClF3NO2/c11-9(10(12,13)14)5-17-8(16)15-7-4-2-1-3-6(7)9/h1-4H,5H2,(H,15,16). The van der Waals surface area contributed by atoms with E-state index in [1.807, 2.05) is 0 Å². The molecule has 1 aliphatic rings. The Bertz CT molecular complexity index is 463. The van der Waals surface area contributed by atoms with Crippen LogP contribution in [0.4, 0.5) is 23.7 Å². The highest BCUT2D eigenvalue weighted by atomic mass is 35.5. The van der Waals surface area contributed by atoms with Crippen molar-refractivity contribution in [2.24, 2.45) is 0 Å². The van der Waals surface area contributed by atoms with Gasteiger partial charge in [0.2, 0.25) is 4.87 Å². The van der Waals surface area contributed by atoms with E-state index in [0.717, 1.165) is 0 Å². The lowest BCUT2D eigenvalue weighted by Gasteiger charge is -2.28. The molecule has 0 radical (unpaired) electrons. The number of nitrogens with one attached hydrogen (secondary N) is 1. The molecular weight excluding hydrogens is 259 g/mol. The van der Waals surface area contributed by atoms with Crippen LogP contribution in [-0.2, 0) is 9.61 Å². The van der Waals surface area contributed by atoms with Crippen LogP contribution >= 0.6 is 11.6 Å². The van der Waals surface area contributed by atoms with Gasteiger partial charge in [-0.2, -0.15) is 13.2 Å². The first-order valence-corrected chi connectivity index (χ1v) is 5.01. The third-order valence-electron chi connectivity index (χ3n) is 2.44. The van der Waals surface area contributed by atoms with Crippen molar-refractivity contribution in [3.05, 3.63) is 29.8 Å². The number of ether oxygens (including phenoxy) is 1. The predicted octanol–water partition coefficient (Wildman–Crippen LogP) is 3.25. The van der Waals surface area contributed by atoms with Gasteiger partial charge in [-0.05, 0) is 6.07 Å². The second kappa shape index (κ2) is 3.80. The van der Waals surface area contributed by atoms with E-state index < -0.39 is 23.8 Å². The molecule has 0 fully saturated rings. The molecule has 0 spiro atoms. The highest BCUT2D eigenvalue weighted by Gasteiger charge is 2.57. The van der Waals surface area contributed by atoms with Crippen molar-refractivity contribution in [2.75, 3.05) is 11.9 Å². The number of carbonyl (C=O) groups excluding carboxylic acids is 1. The fraction of sp³-hybridized carbons (Fsp3) is 0.300. The number of cyclic esters (lactones) is 1. The van der Waals surface area contributed by atoms with Crippen LogP contribution in [0.2, 0.25) is 0 Å². The molecule has 3 nitrogen and oxygen atoms in total. The Morgan fingerprint density at radius 1 is 1.35 bits per heavy atom. The lowest BCUT2D eigenvalue weighted by molar-refractivity contribution is -0.172. The number of halogens is 4. The molecule has 0 saturated heterocycles. The number of fused-ring (bicyclic) bond motifs is 1. The van der Waals surface area contributed by atoms with Crippen molar-refractivity contribution < 1.29 is 22.7 Å². The molecule has 1 aromatic rings. The van der Waals surface area contributed by atoms with Gasteiger partial charge in [0.1, 0.15) is 6.61 Å². The second-order valence-corrected chi connectivity index (χ2v) is 4.19. The van der Waals surface area contributed by atoms with Crippen molar-refractivity contribution in [1.82, 2.24) is 0 Å². The fourth-order valence-corrected chi connectivity index (χ4v) is 1.78. The number of carbonyl (C=O) groups is 1. The van der Waals surface area contributed by atoms with Gasteiger partial charge in [0.15, 0.2) is 0 Å². The monoisotopic (exact) mass is 265 g/mol. The zero-order valence-electron chi connectivity index (χ0n) is 8.34. The molecule has 17 heavy (non-hydrogen) atoms. The first kappa shape index (κ1) is 12.0. The maximum atomic E-state index is 13.0. The second-order valence-electron chi connectivity index (χ2n) is 3.55. The van der Waals surface area contributed by atoms with E-state index in [-0.39, 0.29) is 11.3 Å². The number of amides is 1. The molecule has 1 atom stereocenters. The number of anilines is 1. The van der Waals surface area contributed by atoms with E-state index in [0.29, 0.717) is 0 Å². The summed E-state index contributed by atoms with van der Waals surface area (Å²) in [6.07, 6.45) is -5.68. The number of para-hydroxylation sites is 1. The molecule has 1 N–H and O–H groups in total. The number of rotatable bonds is 0. The third-order valence-corrected chi connectivity index (χ3v) is 2.97.